The smallest absolute Gasteiger partial charge is 0.0572 e. The van der Waals surface area contributed by atoms with E-state index in [1.165, 1.54) is 24.9 Å². The highest BCUT2D eigenvalue weighted by atomic mass is 15.1. The molecule has 2 rings (SSSR count). The quantitative estimate of drug-likeness (QED) is 0.902. The van der Waals surface area contributed by atoms with E-state index in [-0.39, 0.29) is 6.04 Å². The first-order chi connectivity index (χ1) is 9.08. The fourth-order valence-electron chi connectivity index (χ4n) is 2.67. The average Bonchev–Trinajstić information content (AvgIpc) is 2.47. The third-order valence-electron chi connectivity index (χ3n) is 4.78. The second-order valence-electron chi connectivity index (χ2n) is 6.11. The molecule has 1 saturated heterocycles. The van der Waals surface area contributed by atoms with Crippen LogP contribution in [0.4, 0.5) is 5.69 Å². The third-order valence-corrected chi connectivity index (χ3v) is 4.78. The monoisotopic (exact) mass is 261 g/mol. The fourth-order valence-corrected chi connectivity index (χ4v) is 2.67. The number of aromatic nitrogens is 1. The van der Waals surface area contributed by atoms with Gasteiger partial charge in [-0.15, -0.1) is 0 Å². The number of piperidine rings is 1. The molecule has 0 amide bonds. The first kappa shape index (κ1) is 14.3. The highest BCUT2D eigenvalue weighted by molar-refractivity contribution is 5.45. The van der Waals surface area contributed by atoms with Crippen molar-refractivity contribution in [3.8, 4) is 0 Å². The van der Waals surface area contributed by atoms with Gasteiger partial charge >= 0.3 is 0 Å². The number of nitrogens with zero attached hydrogens (tertiary/aromatic N) is 2. The van der Waals surface area contributed by atoms with Crippen molar-refractivity contribution < 1.29 is 0 Å². The van der Waals surface area contributed by atoms with E-state index in [0.29, 0.717) is 5.41 Å². The lowest BCUT2D eigenvalue weighted by Gasteiger charge is -2.40. The number of rotatable bonds is 4. The summed E-state index contributed by atoms with van der Waals surface area (Å²) in [5.74, 6) is 0. The zero-order chi connectivity index (χ0) is 13.9. The number of hydrogen-bond acceptors (Lipinski definition) is 3. The van der Waals surface area contributed by atoms with E-state index in [9.17, 15) is 0 Å². The average molecular weight is 261 g/mol. The maximum Gasteiger partial charge on any atom is 0.0572 e. The molecule has 106 valence electrons. The van der Waals surface area contributed by atoms with E-state index < -0.39 is 0 Å². The van der Waals surface area contributed by atoms with Crippen LogP contribution in [-0.2, 0) is 0 Å². The molecule has 0 spiro atoms. The third kappa shape index (κ3) is 3.27. The Morgan fingerprint density at radius 2 is 2.00 bits per heavy atom. The van der Waals surface area contributed by atoms with Crippen LogP contribution >= 0.6 is 0 Å². The molecule has 3 heteroatoms. The van der Waals surface area contributed by atoms with Crippen LogP contribution in [0.25, 0.3) is 0 Å². The Morgan fingerprint density at radius 1 is 1.32 bits per heavy atom. The summed E-state index contributed by atoms with van der Waals surface area (Å²) in [6, 6.07) is 4.32. The van der Waals surface area contributed by atoms with Gasteiger partial charge in [0.1, 0.15) is 0 Å². The molecule has 0 radical (unpaired) electrons. The van der Waals surface area contributed by atoms with Crippen LogP contribution in [0.2, 0.25) is 0 Å². The van der Waals surface area contributed by atoms with E-state index >= 15 is 0 Å². The molecular formula is C16H27N3. The van der Waals surface area contributed by atoms with Crippen LogP contribution in [0.3, 0.4) is 0 Å². The van der Waals surface area contributed by atoms with Gasteiger partial charge in [-0.3, -0.25) is 4.98 Å². The van der Waals surface area contributed by atoms with Crippen LogP contribution in [0, 0.1) is 5.41 Å². The molecule has 1 aliphatic rings. The Hall–Kier alpha value is -1.09. The van der Waals surface area contributed by atoms with Crippen molar-refractivity contribution in [2.45, 2.75) is 52.5 Å². The molecule has 2 heterocycles. The van der Waals surface area contributed by atoms with E-state index in [1.54, 1.807) is 0 Å². The first-order valence-electron chi connectivity index (χ1n) is 7.54. The zero-order valence-corrected chi connectivity index (χ0v) is 12.5. The topological polar surface area (TPSA) is 42.1 Å². The Kier molecular flexibility index (Phi) is 4.46. The van der Waals surface area contributed by atoms with Gasteiger partial charge in [0.25, 0.3) is 0 Å². The standard InChI is InChI=1S/C16H27N3/c1-4-14(17)15-7-6-13(12-18-15)19-10-8-16(3,5-2)9-11-19/h6-7,12,14H,4-5,8-11,17H2,1-3H3/t14-/m1/s1. The zero-order valence-electron chi connectivity index (χ0n) is 12.5. The number of anilines is 1. The summed E-state index contributed by atoms with van der Waals surface area (Å²) in [6.45, 7) is 9.09. The lowest BCUT2D eigenvalue weighted by molar-refractivity contribution is 0.238. The molecular weight excluding hydrogens is 234 g/mol. The molecule has 1 aliphatic heterocycles. The van der Waals surface area contributed by atoms with E-state index in [1.807, 2.05) is 6.20 Å². The number of pyridine rings is 1. The van der Waals surface area contributed by atoms with Gasteiger partial charge in [-0.05, 0) is 36.8 Å². The summed E-state index contributed by atoms with van der Waals surface area (Å²) in [6.07, 6.45) is 6.76. The van der Waals surface area contributed by atoms with Crippen molar-refractivity contribution in [3.05, 3.63) is 24.0 Å². The number of hydrogen-bond donors (Lipinski definition) is 1. The highest BCUT2D eigenvalue weighted by Gasteiger charge is 2.28. The normalized spacial score (nSPS) is 20.3. The molecule has 2 N–H and O–H groups in total. The van der Waals surface area contributed by atoms with Crippen molar-refractivity contribution in [1.29, 1.82) is 0 Å². The lowest BCUT2D eigenvalue weighted by atomic mass is 9.78. The lowest BCUT2D eigenvalue weighted by Crippen LogP contribution is -2.38. The summed E-state index contributed by atoms with van der Waals surface area (Å²) in [5.41, 5.74) is 8.78. The summed E-state index contributed by atoms with van der Waals surface area (Å²) < 4.78 is 0. The fraction of sp³-hybridized carbons (Fsp3) is 0.688. The van der Waals surface area contributed by atoms with Crippen LogP contribution in [0.15, 0.2) is 18.3 Å². The van der Waals surface area contributed by atoms with Gasteiger partial charge in [0.05, 0.1) is 17.6 Å². The van der Waals surface area contributed by atoms with E-state index in [2.05, 4.69) is 42.8 Å². The maximum absolute atomic E-state index is 6.00. The predicted octanol–water partition coefficient (Wildman–Crippen LogP) is 3.51. The Morgan fingerprint density at radius 3 is 2.47 bits per heavy atom. The van der Waals surface area contributed by atoms with Crippen molar-refractivity contribution in [2.24, 2.45) is 11.1 Å². The molecule has 3 nitrogen and oxygen atoms in total. The molecule has 0 aliphatic carbocycles. The van der Waals surface area contributed by atoms with Gasteiger partial charge in [-0.2, -0.15) is 0 Å². The van der Waals surface area contributed by atoms with Gasteiger partial charge in [-0.1, -0.05) is 27.2 Å². The van der Waals surface area contributed by atoms with Gasteiger partial charge in [0, 0.05) is 19.1 Å². The van der Waals surface area contributed by atoms with Gasteiger partial charge in [-0.25, -0.2) is 0 Å². The minimum absolute atomic E-state index is 0.0683. The first-order valence-corrected chi connectivity index (χ1v) is 7.54. The van der Waals surface area contributed by atoms with Crippen LogP contribution in [-0.4, -0.2) is 18.1 Å². The minimum atomic E-state index is 0.0683. The SMILES string of the molecule is CC[C@@H](N)c1ccc(N2CCC(C)(CC)CC2)cn1. The maximum atomic E-state index is 6.00. The van der Waals surface area contributed by atoms with Crippen LogP contribution < -0.4 is 10.6 Å². The molecule has 0 bridgehead atoms. The van der Waals surface area contributed by atoms with E-state index in [0.717, 1.165) is 25.2 Å². The van der Waals surface area contributed by atoms with E-state index in [4.69, 9.17) is 5.73 Å². The molecule has 19 heavy (non-hydrogen) atoms. The second-order valence-corrected chi connectivity index (χ2v) is 6.11. The molecule has 1 aromatic rings. The second kappa shape index (κ2) is 5.91. The highest BCUT2D eigenvalue weighted by Crippen LogP contribution is 2.35. The van der Waals surface area contributed by atoms with Gasteiger partial charge < -0.3 is 10.6 Å². The van der Waals surface area contributed by atoms with Crippen molar-refractivity contribution in [2.75, 3.05) is 18.0 Å². The molecule has 0 aromatic carbocycles. The summed E-state index contributed by atoms with van der Waals surface area (Å²) in [7, 11) is 0. The Bertz CT molecular complexity index is 391. The Labute approximate surface area is 117 Å². The van der Waals surface area contributed by atoms with Crippen LogP contribution in [0.1, 0.15) is 58.2 Å². The predicted molar refractivity (Wildman–Crippen MR) is 81.3 cm³/mol. The molecule has 1 fully saturated rings. The minimum Gasteiger partial charge on any atom is -0.370 e. The summed E-state index contributed by atoms with van der Waals surface area (Å²) in [4.78, 5) is 6.96. The van der Waals surface area contributed by atoms with Crippen molar-refractivity contribution in [3.63, 3.8) is 0 Å². The molecule has 0 saturated carbocycles. The summed E-state index contributed by atoms with van der Waals surface area (Å²) in [5, 5.41) is 0. The van der Waals surface area contributed by atoms with Gasteiger partial charge in [0.2, 0.25) is 0 Å². The molecule has 1 aromatic heterocycles. The molecule has 1 atom stereocenters. The Balaban J connectivity index is 2.00. The van der Waals surface area contributed by atoms with Crippen molar-refractivity contribution in [1.82, 2.24) is 4.98 Å². The number of nitrogens with two attached hydrogens (primary N) is 1. The van der Waals surface area contributed by atoms with Gasteiger partial charge in [0.15, 0.2) is 0 Å². The summed E-state index contributed by atoms with van der Waals surface area (Å²) >= 11 is 0. The van der Waals surface area contributed by atoms with Crippen LogP contribution in [0.5, 0.6) is 0 Å². The molecule has 0 unspecified atom stereocenters. The largest absolute Gasteiger partial charge is 0.370 e. The van der Waals surface area contributed by atoms with Crippen molar-refractivity contribution >= 4 is 5.69 Å².